The Labute approximate surface area is 312 Å². The molecule has 0 atom stereocenters. The second-order valence-corrected chi connectivity index (χ2v) is 11.6. The average molecular weight is 764 g/mol. The average Bonchev–Trinajstić information content (AvgIpc) is 3.08. The number of rotatable bonds is 32. The van der Waals surface area contributed by atoms with Crippen LogP contribution in [0.3, 0.4) is 0 Å². The van der Waals surface area contributed by atoms with E-state index in [1.54, 1.807) is 19.0 Å². The molecule has 0 aliphatic carbocycles. The monoisotopic (exact) mass is 763 g/mol. The molecule has 21 heteroatoms. The van der Waals surface area contributed by atoms with Crippen LogP contribution in [-0.4, -0.2) is 203 Å². The molecule has 0 aromatic heterocycles. The van der Waals surface area contributed by atoms with Gasteiger partial charge in [0.1, 0.15) is 26.4 Å². The highest BCUT2D eigenvalue weighted by atomic mass is 16.6. The van der Waals surface area contributed by atoms with E-state index in [1.165, 1.54) is 17.6 Å². The van der Waals surface area contributed by atoms with Crippen molar-refractivity contribution < 1.29 is 71.5 Å². The fourth-order valence-corrected chi connectivity index (χ4v) is 3.91. The van der Waals surface area contributed by atoms with Gasteiger partial charge in [-0.3, -0.25) is 33.9 Å². The maximum absolute atomic E-state index is 12.3. The van der Waals surface area contributed by atoms with Crippen molar-refractivity contribution in [1.29, 1.82) is 0 Å². The largest absolute Gasteiger partial charge is 0.463 e. The van der Waals surface area contributed by atoms with Crippen LogP contribution in [-0.2, 0) is 61.9 Å². The van der Waals surface area contributed by atoms with Gasteiger partial charge in [-0.05, 0) is 26.9 Å². The van der Waals surface area contributed by atoms with Crippen molar-refractivity contribution in [2.24, 2.45) is 0 Å². The lowest BCUT2D eigenvalue weighted by molar-refractivity contribution is -0.150. The highest BCUT2D eigenvalue weighted by molar-refractivity contribution is 6.58. The molecule has 53 heavy (non-hydrogen) atoms. The van der Waals surface area contributed by atoms with Gasteiger partial charge in [0.05, 0.1) is 71.5 Å². The van der Waals surface area contributed by atoms with E-state index < -0.39 is 36.1 Å². The van der Waals surface area contributed by atoms with Crippen LogP contribution in [0.5, 0.6) is 0 Å². The number of hydrogen-bond donors (Lipinski definition) is 2. The van der Waals surface area contributed by atoms with Gasteiger partial charge in [0.25, 0.3) is 0 Å². The molecule has 2 N–H and O–H groups in total. The first-order chi connectivity index (χ1) is 25.4. The molecular formula is C32H58BN5O15. The number of hydrogen-bond acceptors (Lipinski definition) is 18. The number of alkyl carbamates (subject to hydrolysis) is 2. The molecule has 20 nitrogen and oxygen atoms in total. The SMILES string of the molecule is BC(=O)CN(CCOC(=O)CN(C)CC(=O)OCCOCCNC(=O)OCCC)CCOC(=O)CN(C)CC(=O)OCCOCCNC(=O)OCCC. The van der Waals surface area contributed by atoms with Crippen LogP contribution in [0.25, 0.3) is 0 Å². The van der Waals surface area contributed by atoms with Crippen LogP contribution in [0.4, 0.5) is 9.59 Å². The van der Waals surface area contributed by atoms with Gasteiger partial charge in [-0.1, -0.05) is 13.8 Å². The second-order valence-electron chi connectivity index (χ2n) is 11.6. The Hall–Kier alpha value is -4.05. The lowest BCUT2D eigenvalue weighted by atomic mass is 10.0. The fourth-order valence-electron chi connectivity index (χ4n) is 3.91. The topological polar surface area (TPSA) is 227 Å². The van der Waals surface area contributed by atoms with Crippen LogP contribution < -0.4 is 10.6 Å². The summed E-state index contributed by atoms with van der Waals surface area (Å²) in [5, 5.41) is 5.05. The van der Waals surface area contributed by atoms with E-state index in [0.717, 1.165) is 12.8 Å². The molecule has 0 rings (SSSR count). The third-order valence-corrected chi connectivity index (χ3v) is 6.27. The number of carbonyl (C=O) groups excluding carboxylic acids is 7. The normalized spacial score (nSPS) is 10.8. The summed E-state index contributed by atoms with van der Waals surface area (Å²) in [5.41, 5.74) is -0.137. The lowest BCUT2D eigenvalue weighted by Crippen LogP contribution is -2.38. The quantitative estimate of drug-likeness (QED) is 0.0320. The molecule has 0 heterocycles. The van der Waals surface area contributed by atoms with Crippen molar-refractivity contribution in [2.45, 2.75) is 26.7 Å². The smallest absolute Gasteiger partial charge is 0.407 e. The summed E-state index contributed by atoms with van der Waals surface area (Å²) in [4.78, 5) is 87.4. The number of likely N-dealkylation sites (N-methyl/N-ethyl adjacent to an activating group) is 2. The summed E-state index contributed by atoms with van der Waals surface area (Å²) in [7, 11) is 4.50. The van der Waals surface area contributed by atoms with E-state index in [9.17, 15) is 33.6 Å². The summed E-state index contributed by atoms with van der Waals surface area (Å²) in [5.74, 6) is -2.30. The molecule has 0 spiro atoms. The highest BCUT2D eigenvalue weighted by Crippen LogP contribution is 1.95. The molecule has 0 aliphatic rings. The van der Waals surface area contributed by atoms with Gasteiger partial charge in [-0.2, -0.15) is 0 Å². The lowest BCUT2D eigenvalue weighted by Gasteiger charge is -2.21. The molecule has 0 aromatic carbocycles. The standard InChI is InChI=1S/C32H58BN5O15/c1-5-11-52-31(44)34-7-13-46-17-19-50-29(42)24-36(3)22-27(40)48-15-9-38(21-26(33)39)10-16-49-28(41)23-37(4)25-30(43)51-20-18-47-14-8-35-32(45)53-12-6-2/h5-25,33H2,1-4H3,(H,34,44)(H,35,45). The number of amides is 2. The summed E-state index contributed by atoms with van der Waals surface area (Å²) in [6, 6.07) is 0. The minimum absolute atomic E-state index is 0.00231. The van der Waals surface area contributed by atoms with Gasteiger partial charge in [-0.25, -0.2) is 9.59 Å². The molecule has 0 unspecified atom stereocenters. The molecule has 0 aromatic rings. The Morgan fingerprint density at radius 2 is 0.830 bits per heavy atom. The maximum Gasteiger partial charge on any atom is 0.407 e. The van der Waals surface area contributed by atoms with Gasteiger partial charge in [0.15, 0.2) is 7.85 Å². The minimum Gasteiger partial charge on any atom is -0.463 e. The van der Waals surface area contributed by atoms with Crippen LogP contribution >= 0.6 is 0 Å². The van der Waals surface area contributed by atoms with Crippen molar-refractivity contribution in [3.05, 3.63) is 0 Å². The summed E-state index contributed by atoms with van der Waals surface area (Å²) in [6.45, 7) is 5.33. The van der Waals surface area contributed by atoms with Crippen LogP contribution in [0.1, 0.15) is 26.7 Å². The third kappa shape index (κ3) is 32.3. The highest BCUT2D eigenvalue weighted by Gasteiger charge is 2.16. The maximum atomic E-state index is 12.3. The third-order valence-electron chi connectivity index (χ3n) is 6.27. The number of nitrogens with one attached hydrogen (secondary N) is 2. The predicted molar refractivity (Wildman–Crippen MR) is 190 cm³/mol. The van der Waals surface area contributed by atoms with Gasteiger partial charge >= 0.3 is 36.1 Å². The van der Waals surface area contributed by atoms with E-state index in [4.69, 9.17) is 37.9 Å². The summed E-state index contributed by atoms with van der Waals surface area (Å²) < 4.78 is 40.9. The van der Waals surface area contributed by atoms with E-state index in [2.05, 4.69) is 10.6 Å². The Morgan fingerprint density at radius 3 is 1.17 bits per heavy atom. The first-order valence-electron chi connectivity index (χ1n) is 17.5. The Balaban J connectivity index is 4.13. The Morgan fingerprint density at radius 1 is 0.472 bits per heavy atom. The summed E-state index contributed by atoms with van der Waals surface area (Å²) in [6.07, 6.45) is 0.404. The second kappa shape index (κ2) is 32.6. The zero-order valence-corrected chi connectivity index (χ0v) is 31.8. The Kier molecular flexibility index (Phi) is 30.1. The van der Waals surface area contributed by atoms with Crippen molar-refractivity contribution in [1.82, 2.24) is 25.3 Å². The van der Waals surface area contributed by atoms with Crippen LogP contribution in [0.15, 0.2) is 0 Å². The van der Waals surface area contributed by atoms with E-state index in [-0.39, 0.29) is 117 Å². The molecule has 0 saturated heterocycles. The van der Waals surface area contributed by atoms with Crippen molar-refractivity contribution in [2.75, 3.05) is 139 Å². The fraction of sp³-hybridized carbons (Fsp3) is 0.781. The van der Waals surface area contributed by atoms with Gasteiger partial charge in [0, 0.05) is 32.7 Å². The first kappa shape index (κ1) is 49.0. The molecule has 0 saturated carbocycles. The number of esters is 4. The minimum atomic E-state index is -0.587. The van der Waals surface area contributed by atoms with E-state index in [0.29, 0.717) is 13.2 Å². The molecule has 0 aliphatic heterocycles. The molecular weight excluding hydrogens is 705 g/mol. The summed E-state index contributed by atoms with van der Waals surface area (Å²) >= 11 is 0. The van der Waals surface area contributed by atoms with Crippen LogP contribution in [0, 0.1) is 0 Å². The van der Waals surface area contributed by atoms with Crippen molar-refractivity contribution in [3.8, 4) is 0 Å². The van der Waals surface area contributed by atoms with Gasteiger partial charge in [0.2, 0.25) is 0 Å². The molecule has 0 radical (unpaired) electrons. The molecule has 304 valence electrons. The number of ether oxygens (including phenoxy) is 8. The number of carbonyl (C=O) groups is 7. The molecule has 0 fully saturated rings. The number of nitrogens with zero attached hydrogens (tertiary/aromatic N) is 3. The predicted octanol–water partition coefficient (Wildman–Crippen LogP) is -2.21. The van der Waals surface area contributed by atoms with Gasteiger partial charge in [-0.15, -0.1) is 0 Å². The Bertz CT molecular complexity index is 1010. The molecule has 2 amide bonds. The van der Waals surface area contributed by atoms with Crippen molar-refractivity contribution in [3.63, 3.8) is 0 Å². The van der Waals surface area contributed by atoms with E-state index in [1.807, 2.05) is 13.8 Å². The molecule has 0 bridgehead atoms. The zero-order valence-electron chi connectivity index (χ0n) is 31.8. The van der Waals surface area contributed by atoms with Crippen LogP contribution in [0.2, 0.25) is 0 Å². The van der Waals surface area contributed by atoms with Gasteiger partial charge < -0.3 is 53.3 Å². The van der Waals surface area contributed by atoms with E-state index >= 15 is 0 Å². The van der Waals surface area contributed by atoms with Crippen molar-refractivity contribution >= 4 is 49.6 Å². The zero-order chi connectivity index (χ0) is 39.7. The first-order valence-corrected chi connectivity index (χ1v) is 17.5.